The molecule has 5 rings (SSSR count). The third-order valence-corrected chi connectivity index (χ3v) is 7.30. The van der Waals surface area contributed by atoms with Gasteiger partial charge in [0.15, 0.2) is 0 Å². The number of hydrogen-bond donors (Lipinski definition) is 2. The van der Waals surface area contributed by atoms with Gasteiger partial charge in [-0.05, 0) is 24.6 Å². The van der Waals surface area contributed by atoms with Crippen molar-refractivity contribution in [2.24, 2.45) is 0 Å². The van der Waals surface area contributed by atoms with Crippen molar-refractivity contribution in [3.8, 4) is 11.3 Å². The highest BCUT2D eigenvalue weighted by atomic mass is 32.2. The third-order valence-electron chi connectivity index (χ3n) is 5.78. The fraction of sp³-hybridized carbons (Fsp3) is 0.421. The van der Waals surface area contributed by atoms with Crippen LogP contribution in [0, 0.1) is 6.92 Å². The van der Waals surface area contributed by atoms with Gasteiger partial charge in [-0.2, -0.15) is 23.1 Å². The number of rotatable bonds is 5. The summed E-state index contributed by atoms with van der Waals surface area (Å²) in [7, 11) is -3.81. The van der Waals surface area contributed by atoms with Crippen LogP contribution >= 0.6 is 0 Å². The van der Waals surface area contributed by atoms with Gasteiger partial charge in [-0.3, -0.25) is 9.30 Å². The van der Waals surface area contributed by atoms with E-state index in [1.165, 1.54) is 18.3 Å². The Hall–Kier alpha value is -2.81. The molecule has 176 valence electrons. The molecule has 10 nitrogen and oxygen atoms in total. The van der Waals surface area contributed by atoms with Gasteiger partial charge in [0.05, 0.1) is 29.8 Å². The number of aryl methyl sites for hydroxylation is 1. The van der Waals surface area contributed by atoms with E-state index < -0.39 is 28.0 Å². The van der Waals surface area contributed by atoms with Gasteiger partial charge in [0, 0.05) is 30.9 Å². The molecule has 2 aliphatic rings. The summed E-state index contributed by atoms with van der Waals surface area (Å²) in [4.78, 5) is 13.0. The highest BCUT2D eigenvalue weighted by Gasteiger charge is 2.38. The number of nitrogens with zero attached hydrogens (tertiary/aromatic N) is 5. The third kappa shape index (κ3) is 4.03. The molecule has 2 fully saturated rings. The lowest BCUT2D eigenvalue weighted by Crippen LogP contribution is -2.65. The number of imidazole rings is 1. The van der Waals surface area contributed by atoms with E-state index in [4.69, 9.17) is 10.5 Å². The van der Waals surface area contributed by atoms with Crippen LogP contribution in [0.4, 0.5) is 19.1 Å². The molecule has 0 saturated carbocycles. The molecule has 0 aliphatic carbocycles. The van der Waals surface area contributed by atoms with E-state index in [0.717, 1.165) is 4.40 Å². The molecule has 0 atom stereocenters. The lowest BCUT2D eigenvalue weighted by molar-refractivity contribution is -0.144. The van der Waals surface area contributed by atoms with Gasteiger partial charge >= 0.3 is 6.18 Å². The van der Waals surface area contributed by atoms with Gasteiger partial charge in [0.25, 0.3) is 0 Å². The Kier molecular flexibility index (Phi) is 5.08. The van der Waals surface area contributed by atoms with Gasteiger partial charge in [0.2, 0.25) is 27.6 Å². The Balaban J connectivity index is 1.42. The Morgan fingerprint density at radius 3 is 2.55 bits per heavy atom. The number of hydrogen-bond acceptors (Lipinski definition) is 8. The Morgan fingerprint density at radius 1 is 1.18 bits per heavy atom. The van der Waals surface area contributed by atoms with E-state index in [1.807, 2.05) is 0 Å². The molecule has 0 spiro atoms. The number of nitrogens with one attached hydrogen (secondary N) is 1. The van der Waals surface area contributed by atoms with E-state index in [1.54, 1.807) is 13.0 Å². The topological polar surface area (TPSA) is 128 Å². The van der Waals surface area contributed by atoms with E-state index in [-0.39, 0.29) is 22.4 Å². The number of nitrogen functional groups attached to an aromatic ring is 1. The second-order valence-electron chi connectivity index (χ2n) is 8.14. The molecule has 3 N–H and O–H groups in total. The lowest BCUT2D eigenvalue weighted by Gasteiger charge is -2.47. The van der Waals surface area contributed by atoms with Crippen molar-refractivity contribution in [3.05, 3.63) is 35.8 Å². The molecule has 14 heteroatoms. The highest BCUT2D eigenvalue weighted by Crippen LogP contribution is 2.30. The average Bonchev–Trinajstić information content (AvgIpc) is 3.09. The van der Waals surface area contributed by atoms with Crippen LogP contribution in [0.25, 0.3) is 17.0 Å². The van der Waals surface area contributed by atoms with Crippen LogP contribution in [0.1, 0.15) is 11.4 Å². The zero-order valence-electron chi connectivity index (χ0n) is 17.4. The van der Waals surface area contributed by atoms with Gasteiger partial charge in [-0.1, -0.05) is 6.07 Å². The Morgan fingerprint density at radius 2 is 1.91 bits per heavy atom. The van der Waals surface area contributed by atoms with E-state index in [9.17, 15) is 21.6 Å². The summed E-state index contributed by atoms with van der Waals surface area (Å²) < 4.78 is 73.8. The summed E-state index contributed by atoms with van der Waals surface area (Å²) in [6, 6.07) is 4.67. The van der Waals surface area contributed by atoms with Crippen LogP contribution in [0.5, 0.6) is 0 Å². The van der Waals surface area contributed by atoms with Crippen LogP contribution in [-0.2, 0) is 20.9 Å². The van der Waals surface area contributed by atoms with Crippen molar-refractivity contribution in [1.82, 2.24) is 29.0 Å². The summed E-state index contributed by atoms with van der Waals surface area (Å²) in [5.74, 6) is -2.12. The summed E-state index contributed by atoms with van der Waals surface area (Å²) in [5, 5.41) is 0. The minimum atomic E-state index is -4.78. The van der Waals surface area contributed by atoms with Crippen molar-refractivity contribution in [3.63, 3.8) is 0 Å². The van der Waals surface area contributed by atoms with Crippen LogP contribution in [0.15, 0.2) is 29.3 Å². The maximum atomic E-state index is 13.0. The maximum absolute atomic E-state index is 13.0. The minimum Gasteiger partial charge on any atom is -0.378 e. The number of halogens is 3. The first-order valence-corrected chi connectivity index (χ1v) is 11.5. The summed E-state index contributed by atoms with van der Waals surface area (Å²) in [6.07, 6.45) is -3.40. The fourth-order valence-electron chi connectivity index (χ4n) is 3.81. The Labute approximate surface area is 186 Å². The van der Waals surface area contributed by atoms with Crippen LogP contribution in [0.3, 0.4) is 0 Å². The molecule has 1 aromatic carbocycles. The van der Waals surface area contributed by atoms with Crippen molar-refractivity contribution >= 4 is 21.7 Å². The molecular weight excluding hydrogens is 463 g/mol. The molecule has 3 aromatic rings. The smallest absolute Gasteiger partial charge is 0.378 e. The van der Waals surface area contributed by atoms with Crippen molar-refractivity contribution in [1.29, 1.82) is 0 Å². The van der Waals surface area contributed by atoms with Gasteiger partial charge in [-0.25, -0.2) is 18.1 Å². The normalized spacial score (nSPS) is 18.4. The zero-order valence-corrected chi connectivity index (χ0v) is 18.2. The number of nitrogens with two attached hydrogens (primary N) is 1. The Bertz CT molecular complexity index is 1330. The van der Waals surface area contributed by atoms with Gasteiger partial charge in [-0.15, -0.1) is 0 Å². The fourth-order valence-corrected chi connectivity index (χ4v) is 5.05. The number of ether oxygens (including phenoxy) is 1. The van der Waals surface area contributed by atoms with Crippen LogP contribution < -0.4 is 10.5 Å². The number of fused-ring (bicyclic) bond motifs is 1. The quantitative estimate of drug-likeness (QED) is 0.552. The first-order valence-electron chi connectivity index (χ1n) is 10.1. The molecule has 0 amide bonds. The van der Waals surface area contributed by atoms with Crippen LogP contribution in [-0.4, -0.2) is 71.1 Å². The molecular formula is C19H20F3N7O3S. The standard InChI is InChI=1S/C19H20F3N7O3S/c1-10-2-3-13(33(30,31)27-11-5-28(6-11)12-8-32-9-12)4-14(10)15-7-29-17(23)25-16(19(20,21)22)26-18(29)24-15/h2-4,7,11-12,27H,5-6,8-9H2,1H3,(H2,23,24,25,26). The monoisotopic (exact) mass is 483 g/mol. The molecule has 2 aromatic heterocycles. The minimum absolute atomic E-state index is 0.0284. The molecule has 2 aliphatic heterocycles. The van der Waals surface area contributed by atoms with E-state index in [0.29, 0.717) is 43.5 Å². The SMILES string of the molecule is Cc1ccc(S(=O)(=O)NC2CN(C3COC3)C2)cc1-c1cn2c(N)nc(C(F)(F)F)nc2n1. The van der Waals surface area contributed by atoms with Crippen molar-refractivity contribution < 1.29 is 26.3 Å². The molecule has 0 radical (unpaired) electrons. The predicted molar refractivity (Wildman–Crippen MR) is 111 cm³/mol. The molecule has 2 saturated heterocycles. The molecule has 33 heavy (non-hydrogen) atoms. The highest BCUT2D eigenvalue weighted by molar-refractivity contribution is 7.89. The molecule has 0 unspecified atom stereocenters. The van der Waals surface area contributed by atoms with Crippen molar-refractivity contribution in [2.75, 3.05) is 32.0 Å². The summed E-state index contributed by atoms with van der Waals surface area (Å²) in [5.41, 5.74) is 7.00. The summed E-state index contributed by atoms with van der Waals surface area (Å²) in [6.45, 7) is 4.29. The number of alkyl halides is 3. The number of likely N-dealkylation sites (tertiary alicyclic amines) is 1. The first-order chi connectivity index (χ1) is 15.5. The number of sulfonamides is 1. The maximum Gasteiger partial charge on any atom is 0.451 e. The van der Waals surface area contributed by atoms with Crippen LogP contribution in [0.2, 0.25) is 0 Å². The second kappa shape index (κ2) is 7.62. The largest absolute Gasteiger partial charge is 0.451 e. The summed E-state index contributed by atoms with van der Waals surface area (Å²) >= 11 is 0. The van der Waals surface area contributed by atoms with E-state index >= 15 is 0 Å². The van der Waals surface area contributed by atoms with E-state index in [2.05, 4.69) is 24.6 Å². The average molecular weight is 483 g/mol. The van der Waals surface area contributed by atoms with Gasteiger partial charge in [0.1, 0.15) is 0 Å². The number of anilines is 1. The zero-order chi connectivity index (χ0) is 23.5. The van der Waals surface area contributed by atoms with Gasteiger partial charge < -0.3 is 10.5 Å². The predicted octanol–water partition coefficient (Wildman–Crippen LogP) is 1.06. The van der Waals surface area contributed by atoms with Crippen molar-refractivity contribution in [2.45, 2.75) is 30.1 Å². The number of aromatic nitrogens is 4. The molecule has 0 bridgehead atoms. The molecule has 4 heterocycles. The lowest BCUT2D eigenvalue weighted by atomic mass is 10.1. The first kappa shape index (κ1) is 22.0. The second-order valence-corrected chi connectivity index (χ2v) is 9.85. The number of benzene rings is 1.